The summed E-state index contributed by atoms with van der Waals surface area (Å²) in [6.07, 6.45) is 0.594. The van der Waals surface area contributed by atoms with E-state index < -0.39 is 12.1 Å². The highest BCUT2D eigenvalue weighted by Crippen LogP contribution is 2.25. The van der Waals surface area contributed by atoms with E-state index in [1.54, 1.807) is 55.3 Å². The van der Waals surface area contributed by atoms with Crippen LogP contribution in [-0.2, 0) is 9.53 Å². The Morgan fingerprint density at radius 3 is 2.43 bits per heavy atom. The smallest absolute Gasteiger partial charge is 0.340 e. The summed E-state index contributed by atoms with van der Waals surface area (Å²) in [6, 6.07) is 10.8. The number of aryl methyl sites for hydroxylation is 1. The molecule has 1 atom stereocenters. The van der Waals surface area contributed by atoms with Crippen LogP contribution in [0.2, 0.25) is 0 Å². The molecule has 0 aliphatic carbocycles. The van der Waals surface area contributed by atoms with Gasteiger partial charge in [0.1, 0.15) is 0 Å². The number of fused-ring (bicyclic) bond motifs is 1. The van der Waals surface area contributed by atoms with Gasteiger partial charge in [-0.2, -0.15) is 5.10 Å². The molecule has 1 amide bonds. The molecule has 0 bridgehead atoms. The second kappa shape index (κ2) is 7.80. The van der Waals surface area contributed by atoms with E-state index in [9.17, 15) is 9.59 Å². The summed E-state index contributed by atoms with van der Waals surface area (Å²) in [5, 5.41) is 4.96. The number of likely N-dealkylation sites (N-methyl/N-ethyl adjacent to an activating group) is 1. The average Bonchev–Trinajstić information content (AvgIpc) is 3.09. The third kappa shape index (κ3) is 3.74. The van der Waals surface area contributed by atoms with Gasteiger partial charge in [-0.15, -0.1) is 0 Å². The molecule has 0 N–H and O–H groups in total. The van der Waals surface area contributed by atoms with Gasteiger partial charge in [-0.25, -0.2) is 14.5 Å². The van der Waals surface area contributed by atoms with Crippen LogP contribution in [0.25, 0.3) is 11.0 Å². The van der Waals surface area contributed by atoms with E-state index in [0.29, 0.717) is 27.9 Å². The van der Waals surface area contributed by atoms with Crippen LogP contribution in [0.15, 0.2) is 42.6 Å². The lowest BCUT2D eigenvalue weighted by Crippen LogP contribution is -2.31. The molecule has 2 heterocycles. The van der Waals surface area contributed by atoms with Crippen molar-refractivity contribution in [2.75, 3.05) is 14.1 Å². The number of carbonyl (C=O) groups excluding carboxylic acids is 2. The number of esters is 1. The minimum absolute atomic E-state index is 0.100. The predicted octanol–water partition coefficient (Wildman–Crippen LogP) is 3.31. The van der Waals surface area contributed by atoms with Crippen molar-refractivity contribution in [1.29, 1.82) is 0 Å². The van der Waals surface area contributed by atoms with Crippen LogP contribution in [0.4, 0.5) is 0 Å². The Labute approximate surface area is 163 Å². The zero-order valence-corrected chi connectivity index (χ0v) is 16.7. The SMILES string of the molecule is Cc1cc(C(=O)O[C@@H](C(=O)N(C)C)c2ccccc2)c2cnn(C(C)C)c2n1. The number of ether oxygens (including phenoxy) is 1. The number of hydrogen-bond donors (Lipinski definition) is 0. The van der Waals surface area contributed by atoms with Gasteiger partial charge < -0.3 is 9.64 Å². The Hall–Kier alpha value is -3.22. The maximum absolute atomic E-state index is 13.0. The normalized spacial score (nSPS) is 12.2. The molecule has 0 saturated heterocycles. The van der Waals surface area contributed by atoms with Crippen LogP contribution in [-0.4, -0.2) is 45.6 Å². The number of benzene rings is 1. The molecule has 0 saturated carbocycles. The second-order valence-electron chi connectivity index (χ2n) is 7.16. The van der Waals surface area contributed by atoms with Crippen LogP contribution in [0.5, 0.6) is 0 Å². The van der Waals surface area contributed by atoms with Gasteiger partial charge >= 0.3 is 5.97 Å². The van der Waals surface area contributed by atoms with Crippen LogP contribution in [0.1, 0.15) is 47.6 Å². The average molecular weight is 380 g/mol. The topological polar surface area (TPSA) is 77.3 Å². The van der Waals surface area contributed by atoms with Crippen LogP contribution in [0.3, 0.4) is 0 Å². The van der Waals surface area contributed by atoms with Gasteiger partial charge in [0.05, 0.1) is 17.1 Å². The molecule has 2 aromatic heterocycles. The van der Waals surface area contributed by atoms with Crippen molar-refractivity contribution in [3.63, 3.8) is 0 Å². The fraction of sp³-hybridized carbons (Fsp3) is 0.333. The number of rotatable bonds is 5. The summed E-state index contributed by atoms with van der Waals surface area (Å²) in [7, 11) is 3.27. The molecular formula is C21H24N4O3. The quantitative estimate of drug-likeness (QED) is 0.635. The third-order valence-electron chi connectivity index (χ3n) is 4.40. The molecule has 0 spiro atoms. The Morgan fingerprint density at radius 1 is 1.14 bits per heavy atom. The molecule has 0 aliphatic rings. The van der Waals surface area contributed by atoms with Crippen molar-refractivity contribution in [2.45, 2.75) is 32.9 Å². The Morgan fingerprint density at radius 2 is 1.82 bits per heavy atom. The Balaban J connectivity index is 2.02. The summed E-state index contributed by atoms with van der Waals surface area (Å²) in [5.41, 5.74) is 2.27. The number of nitrogens with zero attached hydrogens (tertiary/aromatic N) is 4. The standard InChI is InChI=1S/C21H24N4O3/c1-13(2)25-19-17(12-22-25)16(11-14(3)23-19)21(27)28-18(20(26)24(4)5)15-9-7-6-8-10-15/h6-13,18H,1-5H3/t18-/m1/s1. The van der Waals surface area contributed by atoms with Gasteiger partial charge in [-0.1, -0.05) is 30.3 Å². The molecule has 0 radical (unpaired) electrons. The summed E-state index contributed by atoms with van der Waals surface area (Å²) in [6.45, 7) is 5.80. The summed E-state index contributed by atoms with van der Waals surface area (Å²) in [5.74, 6) is -0.887. The molecule has 1 aromatic carbocycles. The molecule has 0 aliphatic heterocycles. The molecule has 3 aromatic rings. The first kappa shape index (κ1) is 19.5. The zero-order valence-electron chi connectivity index (χ0n) is 16.7. The minimum atomic E-state index is -1.02. The van der Waals surface area contributed by atoms with Crippen LogP contribution in [0, 0.1) is 6.92 Å². The monoisotopic (exact) mass is 380 g/mol. The van der Waals surface area contributed by atoms with Gasteiger partial charge in [0.15, 0.2) is 5.65 Å². The predicted molar refractivity (Wildman–Crippen MR) is 106 cm³/mol. The largest absolute Gasteiger partial charge is 0.444 e. The molecule has 0 unspecified atom stereocenters. The van der Waals surface area contributed by atoms with E-state index in [2.05, 4.69) is 10.1 Å². The molecule has 28 heavy (non-hydrogen) atoms. The van der Waals surface area contributed by atoms with Crippen LogP contribution >= 0.6 is 0 Å². The van der Waals surface area contributed by atoms with Crippen molar-refractivity contribution in [2.24, 2.45) is 0 Å². The van der Waals surface area contributed by atoms with Gasteiger partial charge in [0.2, 0.25) is 6.10 Å². The summed E-state index contributed by atoms with van der Waals surface area (Å²) in [4.78, 5) is 31.6. The van der Waals surface area contributed by atoms with E-state index in [1.807, 2.05) is 26.8 Å². The highest BCUT2D eigenvalue weighted by Gasteiger charge is 2.28. The number of pyridine rings is 1. The summed E-state index contributed by atoms with van der Waals surface area (Å²) < 4.78 is 7.45. The number of aromatic nitrogens is 3. The zero-order chi connectivity index (χ0) is 20.4. The minimum Gasteiger partial charge on any atom is -0.444 e. The lowest BCUT2D eigenvalue weighted by molar-refractivity contribution is -0.138. The van der Waals surface area contributed by atoms with E-state index >= 15 is 0 Å². The number of carbonyl (C=O) groups is 2. The number of hydrogen-bond acceptors (Lipinski definition) is 5. The Kier molecular flexibility index (Phi) is 5.44. The van der Waals surface area contributed by atoms with E-state index in [4.69, 9.17) is 4.74 Å². The van der Waals surface area contributed by atoms with Gasteiger partial charge in [0.25, 0.3) is 5.91 Å². The van der Waals surface area contributed by atoms with Gasteiger partial charge in [-0.05, 0) is 26.8 Å². The van der Waals surface area contributed by atoms with E-state index in [1.165, 1.54) is 4.90 Å². The van der Waals surface area contributed by atoms with E-state index in [-0.39, 0.29) is 11.9 Å². The first-order chi connectivity index (χ1) is 13.3. The Bertz CT molecular complexity index is 1010. The first-order valence-corrected chi connectivity index (χ1v) is 9.11. The number of amides is 1. The van der Waals surface area contributed by atoms with Crippen molar-refractivity contribution >= 4 is 22.9 Å². The highest BCUT2D eigenvalue weighted by molar-refractivity contribution is 6.03. The highest BCUT2D eigenvalue weighted by atomic mass is 16.5. The van der Waals surface area contributed by atoms with Crippen molar-refractivity contribution in [3.05, 3.63) is 59.4 Å². The maximum Gasteiger partial charge on any atom is 0.340 e. The lowest BCUT2D eigenvalue weighted by Gasteiger charge is -2.21. The molecule has 7 heteroatoms. The summed E-state index contributed by atoms with van der Waals surface area (Å²) >= 11 is 0. The molecule has 146 valence electrons. The fourth-order valence-corrected chi connectivity index (χ4v) is 2.98. The van der Waals surface area contributed by atoms with Crippen molar-refractivity contribution < 1.29 is 14.3 Å². The first-order valence-electron chi connectivity index (χ1n) is 9.11. The fourth-order valence-electron chi connectivity index (χ4n) is 2.98. The second-order valence-corrected chi connectivity index (χ2v) is 7.16. The molecular weight excluding hydrogens is 356 g/mol. The van der Waals surface area contributed by atoms with Crippen molar-refractivity contribution in [3.8, 4) is 0 Å². The van der Waals surface area contributed by atoms with Crippen molar-refractivity contribution in [1.82, 2.24) is 19.7 Å². The van der Waals surface area contributed by atoms with Gasteiger partial charge in [0, 0.05) is 31.4 Å². The third-order valence-corrected chi connectivity index (χ3v) is 4.40. The maximum atomic E-state index is 13.0. The van der Waals surface area contributed by atoms with Crippen LogP contribution < -0.4 is 0 Å². The molecule has 7 nitrogen and oxygen atoms in total. The molecule has 3 rings (SSSR count). The molecule has 0 fully saturated rings. The lowest BCUT2D eigenvalue weighted by atomic mass is 10.1. The van der Waals surface area contributed by atoms with Gasteiger partial charge in [-0.3, -0.25) is 4.79 Å². The van der Waals surface area contributed by atoms with E-state index in [0.717, 1.165) is 0 Å².